The highest BCUT2D eigenvalue weighted by molar-refractivity contribution is 5.91. The number of carbonyl (C=O) groups is 2. The molecule has 0 bridgehead atoms. The average Bonchev–Trinajstić information content (AvgIpc) is 2.12. The SMILES string of the molecule is C=COC(=O)/C=C/C(=O)OCCO. The fourth-order valence-corrected chi connectivity index (χ4v) is 0.452. The topological polar surface area (TPSA) is 72.8 Å². The van der Waals surface area contributed by atoms with Crippen LogP contribution in [0.15, 0.2) is 25.0 Å². The Morgan fingerprint density at radius 3 is 2.46 bits per heavy atom. The summed E-state index contributed by atoms with van der Waals surface area (Å²) in [6.07, 6.45) is 2.76. The molecule has 0 radical (unpaired) electrons. The van der Waals surface area contributed by atoms with Crippen LogP contribution in [0.4, 0.5) is 0 Å². The molecule has 0 aromatic carbocycles. The molecule has 1 N–H and O–H groups in total. The van der Waals surface area contributed by atoms with E-state index in [2.05, 4.69) is 16.1 Å². The Hall–Kier alpha value is -1.62. The molecular formula is C8H10O5. The number of aliphatic hydroxyl groups excluding tert-OH is 1. The molecule has 0 aromatic heterocycles. The van der Waals surface area contributed by atoms with Gasteiger partial charge in [0.1, 0.15) is 6.61 Å². The quantitative estimate of drug-likeness (QED) is 0.364. The Morgan fingerprint density at radius 1 is 1.31 bits per heavy atom. The summed E-state index contributed by atoms with van der Waals surface area (Å²) in [7, 11) is 0. The predicted molar refractivity (Wildman–Crippen MR) is 43.5 cm³/mol. The summed E-state index contributed by atoms with van der Waals surface area (Å²) in [5.41, 5.74) is 0. The van der Waals surface area contributed by atoms with Crippen molar-refractivity contribution in [2.45, 2.75) is 0 Å². The summed E-state index contributed by atoms with van der Waals surface area (Å²) in [6, 6.07) is 0. The number of ether oxygens (including phenoxy) is 2. The minimum absolute atomic E-state index is 0.0975. The molecule has 0 fully saturated rings. The van der Waals surface area contributed by atoms with Crippen LogP contribution >= 0.6 is 0 Å². The minimum atomic E-state index is -0.713. The average molecular weight is 186 g/mol. The standard InChI is InChI=1S/C8H10O5/c1-2-12-7(10)3-4-8(11)13-6-5-9/h2-4,9H,1,5-6H2/b4-3+. The van der Waals surface area contributed by atoms with Gasteiger partial charge < -0.3 is 14.6 Å². The van der Waals surface area contributed by atoms with Gasteiger partial charge in [-0.05, 0) is 0 Å². The normalized spacial score (nSPS) is 9.62. The monoisotopic (exact) mass is 186 g/mol. The molecule has 0 saturated heterocycles. The summed E-state index contributed by atoms with van der Waals surface area (Å²) in [4.78, 5) is 21.2. The summed E-state index contributed by atoms with van der Waals surface area (Å²) >= 11 is 0. The van der Waals surface area contributed by atoms with Crippen LogP contribution in [0.2, 0.25) is 0 Å². The third-order valence-corrected chi connectivity index (χ3v) is 0.891. The molecular weight excluding hydrogens is 176 g/mol. The lowest BCUT2D eigenvalue weighted by Gasteiger charge is -1.96. The van der Waals surface area contributed by atoms with Crippen molar-refractivity contribution in [3.05, 3.63) is 25.0 Å². The van der Waals surface area contributed by atoms with E-state index in [1.807, 2.05) is 0 Å². The van der Waals surface area contributed by atoms with Crippen LogP contribution in [-0.2, 0) is 19.1 Å². The number of hydrogen-bond acceptors (Lipinski definition) is 5. The third kappa shape index (κ3) is 6.77. The third-order valence-electron chi connectivity index (χ3n) is 0.891. The van der Waals surface area contributed by atoms with Gasteiger partial charge >= 0.3 is 11.9 Å². The molecule has 0 aromatic rings. The second kappa shape index (κ2) is 7.05. The van der Waals surface area contributed by atoms with E-state index in [1.54, 1.807) is 0 Å². The van der Waals surface area contributed by atoms with Gasteiger partial charge in [-0.15, -0.1) is 0 Å². The maximum Gasteiger partial charge on any atom is 0.335 e. The summed E-state index contributed by atoms with van der Waals surface area (Å²) in [5, 5.41) is 8.27. The van der Waals surface area contributed by atoms with E-state index in [1.165, 1.54) is 0 Å². The van der Waals surface area contributed by atoms with E-state index in [0.717, 1.165) is 18.4 Å². The maximum absolute atomic E-state index is 10.7. The van der Waals surface area contributed by atoms with Crippen LogP contribution in [0.25, 0.3) is 0 Å². The lowest BCUT2D eigenvalue weighted by atomic mass is 10.5. The van der Waals surface area contributed by atoms with Crippen molar-refractivity contribution in [3.63, 3.8) is 0 Å². The summed E-state index contributed by atoms with van der Waals surface area (Å²) < 4.78 is 8.69. The van der Waals surface area contributed by atoms with Gasteiger partial charge in [-0.1, -0.05) is 6.58 Å². The Labute approximate surface area is 75.3 Å². The van der Waals surface area contributed by atoms with Crippen LogP contribution < -0.4 is 0 Å². The van der Waals surface area contributed by atoms with Crippen molar-refractivity contribution in [3.8, 4) is 0 Å². The molecule has 72 valence electrons. The lowest BCUT2D eigenvalue weighted by Crippen LogP contribution is -2.06. The van der Waals surface area contributed by atoms with E-state index >= 15 is 0 Å². The number of aliphatic hydroxyl groups is 1. The van der Waals surface area contributed by atoms with Crippen molar-refractivity contribution < 1.29 is 24.2 Å². The van der Waals surface area contributed by atoms with Crippen molar-refractivity contribution in [2.75, 3.05) is 13.2 Å². The molecule has 0 saturated carbocycles. The molecule has 5 nitrogen and oxygen atoms in total. The Bertz CT molecular complexity index is 219. The molecule has 0 heterocycles. The first-order valence-corrected chi connectivity index (χ1v) is 3.48. The Kier molecular flexibility index (Phi) is 6.17. The van der Waals surface area contributed by atoms with Crippen LogP contribution in [-0.4, -0.2) is 30.3 Å². The van der Waals surface area contributed by atoms with Gasteiger partial charge in [-0.3, -0.25) is 0 Å². The van der Waals surface area contributed by atoms with E-state index in [9.17, 15) is 9.59 Å². The van der Waals surface area contributed by atoms with Crippen LogP contribution in [0, 0.1) is 0 Å². The van der Waals surface area contributed by atoms with E-state index in [0.29, 0.717) is 0 Å². The molecule has 5 heteroatoms. The van der Waals surface area contributed by atoms with Gasteiger partial charge in [0, 0.05) is 12.2 Å². The molecule has 13 heavy (non-hydrogen) atoms. The van der Waals surface area contributed by atoms with Crippen LogP contribution in [0.3, 0.4) is 0 Å². The van der Waals surface area contributed by atoms with Gasteiger partial charge in [-0.2, -0.15) is 0 Å². The lowest BCUT2D eigenvalue weighted by molar-refractivity contribution is -0.139. The number of rotatable bonds is 5. The van der Waals surface area contributed by atoms with Crippen molar-refractivity contribution in [2.24, 2.45) is 0 Å². The van der Waals surface area contributed by atoms with Gasteiger partial charge in [0.15, 0.2) is 0 Å². The Morgan fingerprint density at radius 2 is 1.92 bits per heavy atom. The fourth-order valence-electron chi connectivity index (χ4n) is 0.452. The molecule has 0 amide bonds. The summed E-state index contributed by atoms with van der Waals surface area (Å²) in [5.74, 6) is -1.42. The smallest absolute Gasteiger partial charge is 0.335 e. The van der Waals surface area contributed by atoms with Crippen LogP contribution in [0.5, 0.6) is 0 Å². The Balaban J connectivity index is 3.75. The predicted octanol–water partition coefficient (Wildman–Crippen LogP) is -0.235. The van der Waals surface area contributed by atoms with Gasteiger partial charge in [0.05, 0.1) is 12.9 Å². The molecule has 0 aliphatic carbocycles. The molecule has 0 aliphatic heterocycles. The maximum atomic E-state index is 10.7. The highest BCUT2D eigenvalue weighted by Crippen LogP contribution is 1.85. The second-order valence-corrected chi connectivity index (χ2v) is 1.83. The number of esters is 2. The first kappa shape index (κ1) is 11.4. The zero-order chi connectivity index (χ0) is 10.1. The molecule has 0 spiro atoms. The highest BCUT2D eigenvalue weighted by Gasteiger charge is 1.98. The summed E-state index contributed by atoms with van der Waals surface area (Å²) in [6.45, 7) is 2.80. The van der Waals surface area contributed by atoms with Crippen molar-refractivity contribution in [1.29, 1.82) is 0 Å². The van der Waals surface area contributed by atoms with Crippen LogP contribution in [0.1, 0.15) is 0 Å². The molecule has 0 unspecified atom stereocenters. The van der Waals surface area contributed by atoms with Gasteiger partial charge in [0.2, 0.25) is 0 Å². The zero-order valence-electron chi connectivity index (χ0n) is 6.93. The van der Waals surface area contributed by atoms with E-state index < -0.39 is 11.9 Å². The first-order valence-electron chi connectivity index (χ1n) is 3.48. The largest absolute Gasteiger partial charge is 0.460 e. The van der Waals surface area contributed by atoms with Gasteiger partial charge in [-0.25, -0.2) is 9.59 Å². The van der Waals surface area contributed by atoms with Crippen molar-refractivity contribution in [1.82, 2.24) is 0 Å². The molecule has 0 rings (SSSR count). The van der Waals surface area contributed by atoms with Gasteiger partial charge in [0.25, 0.3) is 0 Å². The fraction of sp³-hybridized carbons (Fsp3) is 0.250. The van der Waals surface area contributed by atoms with E-state index in [-0.39, 0.29) is 13.2 Å². The highest BCUT2D eigenvalue weighted by atomic mass is 16.5. The first-order chi connectivity index (χ1) is 6.20. The van der Waals surface area contributed by atoms with E-state index in [4.69, 9.17) is 5.11 Å². The molecule has 0 aliphatic rings. The zero-order valence-corrected chi connectivity index (χ0v) is 6.93. The molecule has 0 atom stereocenters. The van der Waals surface area contributed by atoms with Crippen molar-refractivity contribution >= 4 is 11.9 Å². The minimum Gasteiger partial charge on any atom is -0.460 e. The number of hydrogen-bond donors (Lipinski definition) is 1. The number of carbonyl (C=O) groups excluding carboxylic acids is 2. The second-order valence-electron chi connectivity index (χ2n) is 1.83.